The predicted molar refractivity (Wildman–Crippen MR) is 81.5 cm³/mol. The molecular formula is C16H11ClN2O. The fourth-order valence-electron chi connectivity index (χ4n) is 1.97. The van der Waals surface area contributed by atoms with Crippen molar-refractivity contribution in [1.82, 2.24) is 9.97 Å². The molecule has 0 atom stereocenters. The van der Waals surface area contributed by atoms with Crippen LogP contribution in [-0.2, 0) is 0 Å². The molecule has 0 unspecified atom stereocenters. The van der Waals surface area contributed by atoms with Gasteiger partial charge in [0.05, 0.1) is 11.2 Å². The molecule has 0 bridgehead atoms. The molecule has 20 heavy (non-hydrogen) atoms. The van der Waals surface area contributed by atoms with Crippen LogP contribution in [-0.4, -0.2) is 15.1 Å². The van der Waals surface area contributed by atoms with Crippen molar-refractivity contribution in [3.05, 3.63) is 71.1 Å². The van der Waals surface area contributed by atoms with Crippen LogP contribution in [0.3, 0.4) is 0 Å². The van der Waals surface area contributed by atoms with Gasteiger partial charge in [0.25, 0.3) is 0 Å². The SMILES string of the molecule is O/C(=C\c1ncnc2ccccc12)c1ccc(Cl)cc1. The van der Waals surface area contributed by atoms with E-state index >= 15 is 0 Å². The molecule has 1 heterocycles. The number of halogens is 1. The van der Waals surface area contributed by atoms with E-state index in [1.165, 1.54) is 6.33 Å². The van der Waals surface area contributed by atoms with E-state index in [1.807, 2.05) is 24.3 Å². The van der Waals surface area contributed by atoms with Crippen LogP contribution in [0.4, 0.5) is 0 Å². The summed E-state index contributed by atoms with van der Waals surface area (Å²) in [4.78, 5) is 8.41. The molecule has 0 saturated carbocycles. The molecular weight excluding hydrogens is 272 g/mol. The Labute approximate surface area is 121 Å². The summed E-state index contributed by atoms with van der Waals surface area (Å²) in [6, 6.07) is 14.7. The topological polar surface area (TPSA) is 46.0 Å². The minimum atomic E-state index is 0.144. The average molecular weight is 283 g/mol. The summed E-state index contributed by atoms with van der Waals surface area (Å²) < 4.78 is 0. The van der Waals surface area contributed by atoms with Crippen LogP contribution < -0.4 is 0 Å². The quantitative estimate of drug-likeness (QED) is 0.711. The highest BCUT2D eigenvalue weighted by atomic mass is 35.5. The predicted octanol–water partition coefficient (Wildman–Crippen LogP) is 4.34. The second-order valence-corrected chi connectivity index (χ2v) is 4.75. The lowest BCUT2D eigenvalue weighted by atomic mass is 10.1. The molecule has 3 nitrogen and oxygen atoms in total. The number of para-hydroxylation sites is 1. The first-order valence-electron chi connectivity index (χ1n) is 6.10. The Hall–Kier alpha value is -2.39. The molecule has 2 aromatic carbocycles. The van der Waals surface area contributed by atoms with Crippen LogP contribution in [0, 0.1) is 0 Å². The van der Waals surface area contributed by atoms with Crippen LogP contribution >= 0.6 is 11.6 Å². The minimum Gasteiger partial charge on any atom is -0.507 e. The third kappa shape index (κ3) is 2.49. The Bertz CT molecular complexity index is 777. The zero-order valence-corrected chi connectivity index (χ0v) is 11.2. The molecule has 0 aliphatic carbocycles. The molecule has 1 aromatic heterocycles. The molecule has 1 N–H and O–H groups in total. The number of hydrogen-bond acceptors (Lipinski definition) is 3. The third-order valence-corrected chi connectivity index (χ3v) is 3.24. The molecule has 0 saturated heterocycles. The molecule has 0 spiro atoms. The van der Waals surface area contributed by atoms with E-state index in [2.05, 4.69) is 9.97 Å². The van der Waals surface area contributed by atoms with E-state index in [4.69, 9.17) is 11.6 Å². The first-order chi connectivity index (χ1) is 9.74. The van der Waals surface area contributed by atoms with E-state index in [1.54, 1.807) is 30.3 Å². The molecule has 0 aliphatic rings. The summed E-state index contributed by atoms with van der Waals surface area (Å²) in [7, 11) is 0. The summed E-state index contributed by atoms with van der Waals surface area (Å²) in [6.07, 6.45) is 3.12. The zero-order valence-electron chi connectivity index (χ0n) is 10.5. The van der Waals surface area contributed by atoms with Gasteiger partial charge in [-0.1, -0.05) is 29.8 Å². The number of aliphatic hydroxyl groups excluding tert-OH is 1. The standard InChI is InChI=1S/C16H11ClN2O/c17-12-7-5-11(6-8-12)16(20)9-15-13-3-1-2-4-14(13)18-10-19-15/h1-10,20H/b16-9-. The van der Waals surface area contributed by atoms with Gasteiger partial charge in [0.1, 0.15) is 12.1 Å². The van der Waals surface area contributed by atoms with Gasteiger partial charge in [0.2, 0.25) is 0 Å². The van der Waals surface area contributed by atoms with Crippen molar-refractivity contribution in [1.29, 1.82) is 0 Å². The van der Waals surface area contributed by atoms with Gasteiger partial charge < -0.3 is 5.11 Å². The van der Waals surface area contributed by atoms with Crippen LogP contribution in [0.5, 0.6) is 0 Å². The lowest BCUT2D eigenvalue weighted by Gasteiger charge is -2.03. The number of hydrogen-bond donors (Lipinski definition) is 1. The summed E-state index contributed by atoms with van der Waals surface area (Å²) >= 11 is 5.83. The number of benzene rings is 2. The average Bonchev–Trinajstić information content (AvgIpc) is 2.48. The second-order valence-electron chi connectivity index (χ2n) is 4.31. The third-order valence-electron chi connectivity index (χ3n) is 2.99. The van der Waals surface area contributed by atoms with E-state index in [9.17, 15) is 5.11 Å². The Balaban J connectivity index is 2.07. The molecule has 3 aromatic rings. The second kappa shape index (κ2) is 5.31. The number of fused-ring (bicyclic) bond motifs is 1. The highest BCUT2D eigenvalue weighted by Crippen LogP contribution is 2.21. The Morgan fingerprint density at radius 1 is 1.00 bits per heavy atom. The molecule has 3 rings (SSSR count). The maximum atomic E-state index is 10.2. The maximum Gasteiger partial charge on any atom is 0.124 e. The lowest BCUT2D eigenvalue weighted by Crippen LogP contribution is -1.89. The van der Waals surface area contributed by atoms with Crippen LogP contribution in [0.25, 0.3) is 22.7 Å². The van der Waals surface area contributed by atoms with E-state index < -0.39 is 0 Å². The molecule has 0 amide bonds. The highest BCUT2D eigenvalue weighted by Gasteiger charge is 2.04. The van der Waals surface area contributed by atoms with Crippen LogP contribution in [0.1, 0.15) is 11.3 Å². The van der Waals surface area contributed by atoms with Gasteiger partial charge in [-0.05, 0) is 30.3 Å². The largest absolute Gasteiger partial charge is 0.507 e. The van der Waals surface area contributed by atoms with E-state index in [-0.39, 0.29) is 5.76 Å². The summed E-state index contributed by atoms with van der Waals surface area (Å²) in [5, 5.41) is 11.7. The van der Waals surface area contributed by atoms with Gasteiger partial charge in [-0.2, -0.15) is 0 Å². The Kier molecular flexibility index (Phi) is 3.35. The number of aromatic nitrogens is 2. The van der Waals surface area contributed by atoms with Gasteiger partial charge in [-0.25, -0.2) is 9.97 Å². The zero-order chi connectivity index (χ0) is 13.9. The normalized spacial score (nSPS) is 11.8. The number of nitrogens with zero attached hydrogens (tertiary/aromatic N) is 2. The van der Waals surface area contributed by atoms with Crippen LogP contribution in [0.2, 0.25) is 5.02 Å². The highest BCUT2D eigenvalue weighted by molar-refractivity contribution is 6.30. The number of aliphatic hydroxyl groups is 1. The summed E-state index contributed by atoms with van der Waals surface area (Å²) in [6.45, 7) is 0. The van der Waals surface area contributed by atoms with Crippen molar-refractivity contribution in [2.24, 2.45) is 0 Å². The monoisotopic (exact) mass is 282 g/mol. The first-order valence-corrected chi connectivity index (χ1v) is 6.48. The Morgan fingerprint density at radius 2 is 1.75 bits per heavy atom. The van der Waals surface area contributed by atoms with Crippen molar-refractivity contribution in [3.63, 3.8) is 0 Å². The Morgan fingerprint density at radius 3 is 2.55 bits per heavy atom. The molecule has 0 fully saturated rings. The van der Waals surface area contributed by atoms with Crippen molar-refractivity contribution >= 4 is 34.3 Å². The first kappa shape index (κ1) is 12.6. The summed E-state index contributed by atoms with van der Waals surface area (Å²) in [5.74, 6) is 0.144. The van der Waals surface area contributed by atoms with Gasteiger partial charge in [0.15, 0.2) is 0 Å². The van der Waals surface area contributed by atoms with E-state index in [0.717, 1.165) is 10.9 Å². The van der Waals surface area contributed by atoms with Gasteiger partial charge in [-0.3, -0.25) is 0 Å². The molecule has 98 valence electrons. The van der Waals surface area contributed by atoms with Crippen LogP contribution in [0.15, 0.2) is 54.9 Å². The maximum absolute atomic E-state index is 10.2. The van der Waals surface area contributed by atoms with Gasteiger partial charge in [0, 0.05) is 22.0 Å². The molecule has 0 radical (unpaired) electrons. The van der Waals surface area contributed by atoms with E-state index in [0.29, 0.717) is 16.3 Å². The van der Waals surface area contributed by atoms with Crippen molar-refractivity contribution in [3.8, 4) is 0 Å². The fraction of sp³-hybridized carbons (Fsp3) is 0. The molecule has 0 aliphatic heterocycles. The number of rotatable bonds is 2. The van der Waals surface area contributed by atoms with Gasteiger partial charge in [-0.15, -0.1) is 0 Å². The van der Waals surface area contributed by atoms with Crippen molar-refractivity contribution in [2.75, 3.05) is 0 Å². The smallest absolute Gasteiger partial charge is 0.124 e. The molecule has 4 heteroatoms. The summed E-state index contributed by atoms with van der Waals surface area (Å²) in [5.41, 5.74) is 2.22. The van der Waals surface area contributed by atoms with Crippen molar-refractivity contribution in [2.45, 2.75) is 0 Å². The minimum absolute atomic E-state index is 0.144. The van der Waals surface area contributed by atoms with Crippen molar-refractivity contribution < 1.29 is 5.11 Å². The fourth-order valence-corrected chi connectivity index (χ4v) is 2.10. The van der Waals surface area contributed by atoms with Gasteiger partial charge >= 0.3 is 0 Å². The lowest BCUT2D eigenvalue weighted by molar-refractivity contribution is 0.515.